The molecule has 2 heterocycles. The Morgan fingerprint density at radius 1 is 0.947 bits per heavy atom. The van der Waals surface area contributed by atoms with E-state index in [2.05, 4.69) is 20.7 Å². The van der Waals surface area contributed by atoms with Crippen molar-refractivity contribution in [1.29, 1.82) is 0 Å². The number of hydrogen-bond donors (Lipinski definition) is 2. The standard InChI is InChI=1S/C27H22ClN5O5/c1-36-24-12-18-20(13-25(24)37-2)29-10-9-22(18)38-23-8-7-17(11-19(23)28)31-27(35)32-26(34)15-33-21-6-4-3-5-16(21)14-30-33/h3-14H,15H2,1-2H3,(H2,31,32,34,35). The topological polar surface area (TPSA) is 117 Å². The average Bonchev–Trinajstić information content (AvgIpc) is 3.32. The Hall–Kier alpha value is -4.83. The maximum absolute atomic E-state index is 12.4. The van der Waals surface area contributed by atoms with E-state index in [4.69, 9.17) is 25.8 Å². The van der Waals surface area contributed by atoms with Crippen molar-refractivity contribution < 1.29 is 23.8 Å². The molecule has 10 nitrogen and oxygen atoms in total. The number of carbonyl (C=O) groups is 2. The second-order valence-electron chi connectivity index (χ2n) is 8.14. The molecule has 0 saturated heterocycles. The lowest BCUT2D eigenvalue weighted by Crippen LogP contribution is -2.36. The summed E-state index contributed by atoms with van der Waals surface area (Å²) in [6.45, 7) is -0.106. The molecule has 0 bridgehead atoms. The van der Waals surface area contributed by atoms with E-state index in [1.54, 1.807) is 56.9 Å². The predicted octanol–water partition coefficient (Wildman–Crippen LogP) is 5.40. The molecule has 192 valence electrons. The van der Waals surface area contributed by atoms with Gasteiger partial charge in [-0.3, -0.25) is 19.8 Å². The molecule has 38 heavy (non-hydrogen) atoms. The molecule has 5 aromatic rings. The van der Waals surface area contributed by atoms with Gasteiger partial charge in [0, 0.05) is 28.7 Å². The van der Waals surface area contributed by atoms with Crippen LogP contribution in [-0.2, 0) is 11.3 Å². The van der Waals surface area contributed by atoms with Gasteiger partial charge in [-0.15, -0.1) is 0 Å². The van der Waals surface area contributed by atoms with Crippen LogP contribution >= 0.6 is 11.6 Å². The van der Waals surface area contributed by atoms with E-state index in [1.807, 2.05) is 24.3 Å². The van der Waals surface area contributed by atoms with Crippen molar-refractivity contribution in [1.82, 2.24) is 20.1 Å². The third-order valence-electron chi connectivity index (χ3n) is 5.71. The molecule has 0 fully saturated rings. The van der Waals surface area contributed by atoms with Crippen molar-refractivity contribution >= 4 is 51.0 Å². The molecule has 0 aliphatic heterocycles. The van der Waals surface area contributed by atoms with E-state index in [-0.39, 0.29) is 11.6 Å². The van der Waals surface area contributed by atoms with Gasteiger partial charge in [0.1, 0.15) is 18.0 Å². The van der Waals surface area contributed by atoms with Gasteiger partial charge in [-0.2, -0.15) is 5.10 Å². The largest absolute Gasteiger partial charge is 0.493 e. The zero-order chi connectivity index (χ0) is 26.6. The highest BCUT2D eigenvalue weighted by Gasteiger charge is 2.15. The van der Waals surface area contributed by atoms with Crippen LogP contribution in [0.15, 0.2) is 73.1 Å². The van der Waals surface area contributed by atoms with Crippen molar-refractivity contribution in [2.75, 3.05) is 19.5 Å². The van der Waals surface area contributed by atoms with Gasteiger partial charge < -0.3 is 19.5 Å². The summed E-state index contributed by atoms with van der Waals surface area (Å²) in [6.07, 6.45) is 3.28. The number of anilines is 1. The molecule has 2 N–H and O–H groups in total. The molecule has 0 spiro atoms. The molecule has 0 aliphatic rings. The highest BCUT2D eigenvalue weighted by atomic mass is 35.5. The number of hydrogen-bond acceptors (Lipinski definition) is 7. The minimum absolute atomic E-state index is 0.106. The summed E-state index contributed by atoms with van der Waals surface area (Å²) in [6, 6.07) is 16.8. The Kier molecular flexibility index (Phi) is 6.96. The molecule has 2 aromatic heterocycles. The van der Waals surface area contributed by atoms with E-state index in [0.717, 1.165) is 10.9 Å². The number of benzene rings is 3. The van der Waals surface area contributed by atoms with Crippen LogP contribution in [-0.4, -0.2) is 40.9 Å². The average molecular weight is 532 g/mol. The number of nitrogens with one attached hydrogen (secondary N) is 2. The van der Waals surface area contributed by atoms with Crippen molar-refractivity contribution in [3.63, 3.8) is 0 Å². The number of amides is 3. The van der Waals surface area contributed by atoms with Crippen LogP contribution in [0.1, 0.15) is 0 Å². The van der Waals surface area contributed by atoms with E-state index >= 15 is 0 Å². The van der Waals surface area contributed by atoms with Crippen LogP contribution < -0.4 is 24.8 Å². The lowest BCUT2D eigenvalue weighted by molar-refractivity contribution is -0.120. The molecule has 3 aromatic carbocycles. The molecule has 5 rings (SSSR count). The second kappa shape index (κ2) is 10.7. The highest BCUT2D eigenvalue weighted by molar-refractivity contribution is 6.32. The Morgan fingerprint density at radius 3 is 2.53 bits per heavy atom. The Balaban J connectivity index is 1.26. The van der Waals surface area contributed by atoms with E-state index < -0.39 is 11.9 Å². The molecule has 3 amide bonds. The monoisotopic (exact) mass is 531 g/mol. The third kappa shape index (κ3) is 5.16. The number of urea groups is 1. The van der Waals surface area contributed by atoms with Gasteiger partial charge in [0.2, 0.25) is 5.91 Å². The number of para-hydroxylation sites is 1. The van der Waals surface area contributed by atoms with Crippen molar-refractivity contribution in [3.8, 4) is 23.0 Å². The summed E-state index contributed by atoms with van der Waals surface area (Å²) in [5.74, 6) is 1.44. The first-order valence-electron chi connectivity index (χ1n) is 11.4. The fourth-order valence-electron chi connectivity index (χ4n) is 3.93. The first-order chi connectivity index (χ1) is 18.4. The summed E-state index contributed by atoms with van der Waals surface area (Å²) in [5.41, 5.74) is 1.83. The molecular formula is C27H22ClN5O5. The van der Waals surface area contributed by atoms with Crippen LogP contribution in [0.3, 0.4) is 0 Å². The fourth-order valence-corrected chi connectivity index (χ4v) is 4.15. The van der Waals surface area contributed by atoms with Gasteiger partial charge in [-0.1, -0.05) is 29.8 Å². The minimum Gasteiger partial charge on any atom is -0.493 e. The van der Waals surface area contributed by atoms with Crippen LogP contribution in [0, 0.1) is 0 Å². The lowest BCUT2D eigenvalue weighted by atomic mass is 10.2. The second-order valence-corrected chi connectivity index (χ2v) is 8.55. The normalized spacial score (nSPS) is 10.8. The third-order valence-corrected chi connectivity index (χ3v) is 6.01. The summed E-state index contributed by atoms with van der Waals surface area (Å²) < 4.78 is 18.3. The maximum Gasteiger partial charge on any atom is 0.325 e. The zero-order valence-corrected chi connectivity index (χ0v) is 21.2. The van der Waals surface area contributed by atoms with Gasteiger partial charge in [-0.25, -0.2) is 4.79 Å². The number of fused-ring (bicyclic) bond motifs is 2. The zero-order valence-electron chi connectivity index (χ0n) is 20.4. The van der Waals surface area contributed by atoms with E-state index in [0.29, 0.717) is 39.6 Å². The highest BCUT2D eigenvalue weighted by Crippen LogP contribution is 2.38. The number of rotatable bonds is 7. The van der Waals surface area contributed by atoms with Crippen LogP contribution in [0.2, 0.25) is 5.02 Å². The van der Waals surface area contributed by atoms with E-state index in [9.17, 15) is 9.59 Å². The van der Waals surface area contributed by atoms with Crippen LogP contribution in [0.4, 0.5) is 10.5 Å². The smallest absolute Gasteiger partial charge is 0.325 e. The van der Waals surface area contributed by atoms with Gasteiger partial charge >= 0.3 is 6.03 Å². The Bertz CT molecular complexity index is 1670. The van der Waals surface area contributed by atoms with Crippen molar-refractivity contribution in [2.24, 2.45) is 0 Å². The molecule has 11 heteroatoms. The molecular weight excluding hydrogens is 510 g/mol. The van der Waals surface area contributed by atoms with Crippen molar-refractivity contribution in [3.05, 3.63) is 78.1 Å². The number of methoxy groups -OCH3 is 2. The molecule has 0 saturated carbocycles. The van der Waals surface area contributed by atoms with Gasteiger partial charge in [0.25, 0.3) is 0 Å². The number of ether oxygens (including phenoxy) is 3. The van der Waals surface area contributed by atoms with E-state index in [1.165, 1.54) is 10.7 Å². The summed E-state index contributed by atoms with van der Waals surface area (Å²) in [4.78, 5) is 29.1. The number of aromatic nitrogens is 3. The minimum atomic E-state index is -0.697. The summed E-state index contributed by atoms with van der Waals surface area (Å²) in [5, 5.41) is 10.9. The predicted molar refractivity (Wildman–Crippen MR) is 143 cm³/mol. The SMILES string of the molecule is COc1cc2nccc(Oc3ccc(NC(=O)NC(=O)Cn4ncc5ccccc54)cc3Cl)c2cc1OC. The molecule has 0 unspecified atom stereocenters. The van der Waals surface area contributed by atoms with Crippen molar-refractivity contribution in [2.45, 2.75) is 6.54 Å². The Labute approximate surface area is 222 Å². The Morgan fingerprint density at radius 2 is 1.74 bits per heavy atom. The first kappa shape index (κ1) is 24.8. The molecule has 0 atom stereocenters. The summed E-state index contributed by atoms with van der Waals surface area (Å²) >= 11 is 6.44. The number of halogens is 1. The van der Waals surface area contributed by atoms with Crippen LogP contribution in [0.5, 0.6) is 23.0 Å². The van der Waals surface area contributed by atoms with Crippen LogP contribution in [0.25, 0.3) is 21.8 Å². The molecule has 0 radical (unpaired) electrons. The van der Waals surface area contributed by atoms with Gasteiger partial charge in [0.05, 0.1) is 36.5 Å². The summed E-state index contributed by atoms with van der Waals surface area (Å²) in [7, 11) is 3.10. The number of pyridine rings is 1. The first-order valence-corrected chi connectivity index (χ1v) is 11.8. The number of carbonyl (C=O) groups excluding carboxylic acids is 2. The number of nitrogens with zero attached hydrogens (tertiary/aromatic N) is 3. The van der Waals surface area contributed by atoms with Gasteiger partial charge in [0.15, 0.2) is 11.5 Å². The fraction of sp³-hybridized carbons (Fsp3) is 0.111. The maximum atomic E-state index is 12.4. The lowest BCUT2D eigenvalue weighted by Gasteiger charge is -2.14. The number of imide groups is 1. The van der Waals surface area contributed by atoms with Gasteiger partial charge in [-0.05, 0) is 36.4 Å². The molecule has 0 aliphatic carbocycles. The quantitative estimate of drug-likeness (QED) is 0.289.